The molecule has 1 rings (SSSR count). The molecule has 1 saturated carbocycles. The summed E-state index contributed by atoms with van der Waals surface area (Å²) in [5.41, 5.74) is 0.378. The molecule has 2 unspecified atom stereocenters. The Hall–Kier alpha value is 0.470. The number of carboxylic acid groups (broad SMARTS) is 1. The van der Waals surface area contributed by atoms with Gasteiger partial charge in [0, 0.05) is 5.97 Å². The molecule has 0 spiro atoms. The summed E-state index contributed by atoms with van der Waals surface area (Å²) >= 11 is 0. The van der Waals surface area contributed by atoms with Crippen LogP contribution < -0.4 is 34.7 Å². The first kappa shape index (κ1) is 16.5. The topological polar surface area (TPSA) is 40.1 Å². The van der Waals surface area contributed by atoms with Crippen LogP contribution in [0.15, 0.2) is 0 Å². The molecule has 2 atom stereocenters. The zero-order valence-electron chi connectivity index (χ0n) is 11.2. The molecule has 0 aliphatic heterocycles. The van der Waals surface area contributed by atoms with Gasteiger partial charge in [-0.1, -0.05) is 40.0 Å². The molecule has 0 aromatic heterocycles. The Morgan fingerprint density at radius 1 is 1.19 bits per heavy atom. The number of aliphatic carboxylic acids is 1. The molecular weight excluding hydrogens is 211 g/mol. The van der Waals surface area contributed by atoms with E-state index in [-0.39, 0.29) is 36.0 Å². The fourth-order valence-corrected chi connectivity index (χ4v) is 2.89. The van der Waals surface area contributed by atoms with Crippen LogP contribution in [0.1, 0.15) is 59.3 Å². The minimum absolute atomic E-state index is 0. The molecule has 3 heteroatoms. The summed E-state index contributed by atoms with van der Waals surface area (Å²) in [5.74, 6) is 0.473. The van der Waals surface area contributed by atoms with Gasteiger partial charge >= 0.3 is 29.6 Å². The molecular formula is C13H23NaO2. The minimum atomic E-state index is -0.898. The van der Waals surface area contributed by atoms with Gasteiger partial charge in [-0.2, -0.15) is 0 Å². The van der Waals surface area contributed by atoms with Gasteiger partial charge in [0.2, 0.25) is 0 Å². The van der Waals surface area contributed by atoms with Crippen molar-refractivity contribution < 1.29 is 39.5 Å². The van der Waals surface area contributed by atoms with Crippen molar-refractivity contribution in [2.45, 2.75) is 59.3 Å². The summed E-state index contributed by atoms with van der Waals surface area (Å²) in [7, 11) is 0. The van der Waals surface area contributed by atoms with Crippen LogP contribution in [0, 0.1) is 17.3 Å². The summed E-state index contributed by atoms with van der Waals surface area (Å²) in [6.07, 6.45) is 6.19. The maximum Gasteiger partial charge on any atom is 1.00 e. The fourth-order valence-electron chi connectivity index (χ4n) is 2.89. The average molecular weight is 234 g/mol. The Kier molecular flexibility index (Phi) is 7.23. The molecule has 2 nitrogen and oxygen atoms in total. The maximum atomic E-state index is 10.4. The van der Waals surface area contributed by atoms with Gasteiger partial charge in [-0.25, -0.2) is 0 Å². The Labute approximate surface area is 121 Å². The normalized spacial score (nSPS) is 25.9. The Morgan fingerprint density at radius 3 is 2.25 bits per heavy atom. The van der Waals surface area contributed by atoms with Crippen LogP contribution in [0.4, 0.5) is 0 Å². The third-order valence-electron chi connectivity index (χ3n) is 4.07. The fraction of sp³-hybridized carbons (Fsp3) is 0.923. The number of carboxylic acids is 1. The van der Waals surface area contributed by atoms with Crippen LogP contribution in [-0.2, 0) is 4.79 Å². The van der Waals surface area contributed by atoms with Crippen molar-refractivity contribution in [1.29, 1.82) is 0 Å². The third kappa shape index (κ3) is 4.38. The Morgan fingerprint density at radius 2 is 1.75 bits per heavy atom. The molecule has 0 bridgehead atoms. The van der Waals surface area contributed by atoms with E-state index in [4.69, 9.17) is 0 Å². The second kappa shape index (κ2) is 7.03. The van der Waals surface area contributed by atoms with Gasteiger partial charge in [0.15, 0.2) is 0 Å². The first-order valence-corrected chi connectivity index (χ1v) is 6.20. The summed E-state index contributed by atoms with van der Waals surface area (Å²) in [6.45, 7) is 6.75. The first-order valence-electron chi connectivity index (χ1n) is 6.20. The zero-order valence-corrected chi connectivity index (χ0v) is 13.2. The van der Waals surface area contributed by atoms with Gasteiger partial charge in [-0.3, -0.25) is 0 Å². The predicted molar refractivity (Wildman–Crippen MR) is 59.1 cm³/mol. The first-order chi connectivity index (χ1) is 7.00. The standard InChI is InChI=1S/C13H24O2.Na/c1-4-5-6-7-10-11(13(10,2)3)8-9-12(14)15;/h10-11H,4-9H2,1-3H3,(H,14,15);/q;+1/p-1. The van der Waals surface area contributed by atoms with Crippen molar-refractivity contribution in [3.63, 3.8) is 0 Å². The largest absolute Gasteiger partial charge is 1.00 e. The van der Waals surface area contributed by atoms with Gasteiger partial charge in [0.05, 0.1) is 0 Å². The maximum absolute atomic E-state index is 10.4. The van der Waals surface area contributed by atoms with E-state index in [2.05, 4.69) is 20.8 Å². The zero-order chi connectivity index (χ0) is 11.5. The summed E-state index contributed by atoms with van der Waals surface area (Å²) in [6, 6.07) is 0. The second-order valence-corrected chi connectivity index (χ2v) is 5.44. The molecule has 0 heterocycles. The number of carbonyl (C=O) groups excluding carboxylic acids is 1. The molecule has 0 N–H and O–H groups in total. The van der Waals surface area contributed by atoms with E-state index in [1.54, 1.807) is 0 Å². The van der Waals surface area contributed by atoms with E-state index in [1.807, 2.05) is 0 Å². The van der Waals surface area contributed by atoms with E-state index in [9.17, 15) is 9.90 Å². The van der Waals surface area contributed by atoms with Gasteiger partial charge in [0.1, 0.15) is 0 Å². The van der Waals surface area contributed by atoms with E-state index >= 15 is 0 Å². The molecule has 88 valence electrons. The number of unbranched alkanes of at least 4 members (excludes halogenated alkanes) is 2. The van der Waals surface area contributed by atoms with Gasteiger partial charge in [-0.05, 0) is 36.5 Å². The molecule has 1 aliphatic rings. The van der Waals surface area contributed by atoms with Crippen molar-refractivity contribution in [3.05, 3.63) is 0 Å². The van der Waals surface area contributed by atoms with E-state index < -0.39 is 5.97 Å². The molecule has 0 aromatic rings. The van der Waals surface area contributed by atoms with Gasteiger partial charge < -0.3 is 9.90 Å². The molecule has 0 aromatic carbocycles. The quantitative estimate of drug-likeness (QED) is 0.435. The number of rotatable bonds is 7. The van der Waals surface area contributed by atoms with E-state index in [0.29, 0.717) is 11.3 Å². The second-order valence-electron chi connectivity index (χ2n) is 5.44. The molecule has 0 saturated heterocycles. The van der Waals surface area contributed by atoms with Crippen LogP contribution in [0.2, 0.25) is 0 Å². The van der Waals surface area contributed by atoms with Crippen molar-refractivity contribution in [2.75, 3.05) is 0 Å². The van der Waals surface area contributed by atoms with Crippen LogP contribution in [0.5, 0.6) is 0 Å². The average Bonchev–Trinajstić information content (AvgIpc) is 2.65. The minimum Gasteiger partial charge on any atom is -0.550 e. The van der Waals surface area contributed by atoms with Gasteiger partial charge in [-0.15, -0.1) is 0 Å². The monoisotopic (exact) mass is 234 g/mol. The van der Waals surface area contributed by atoms with Crippen molar-refractivity contribution >= 4 is 5.97 Å². The van der Waals surface area contributed by atoms with Crippen LogP contribution in [0.3, 0.4) is 0 Å². The number of carbonyl (C=O) groups is 1. The molecule has 0 radical (unpaired) electrons. The summed E-state index contributed by atoms with van der Waals surface area (Å²) in [5, 5.41) is 10.4. The van der Waals surface area contributed by atoms with Crippen LogP contribution in [0.25, 0.3) is 0 Å². The van der Waals surface area contributed by atoms with Crippen molar-refractivity contribution in [3.8, 4) is 0 Å². The van der Waals surface area contributed by atoms with Crippen molar-refractivity contribution in [2.24, 2.45) is 17.3 Å². The molecule has 16 heavy (non-hydrogen) atoms. The van der Waals surface area contributed by atoms with Gasteiger partial charge in [0.25, 0.3) is 0 Å². The Bertz CT molecular complexity index is 226. The van der Waals surface area contributed by atoms with Crippen LogP contribution >= 0.6 is 0 Å². The molecule has 0 amide bonds. The molecule has 1 aliphatic carbocycles. The number of hydrogen-bond acceptors (Lipinski definition) is 2. The smallest absolute Gasteiger partial charge is 0.550 e. The summed E-state index contributed by atoms with van der Waals surface area (Å²) in [4.78, 5) is 10.4. The predicted octanol–water partition coefficient (Wildman–Crippen LogP) is -0.627. The number of hydrogen-bond donors (Lipinski definition) is 0. The summed E-state index contributed by atoms with van der Waals surface area (Å²) < 4.78 is 0. The van der Waals surface area contributed by atoms with Crippen molar-refractivity contribution in [1.82, 2.24) is 0 Å². The third-order valence-corrected chi connectivity index (χ3v) is 4.07. The van der Waals surface area contributed by atoms with E-state index in [0.717, 1.165) is 12.3 Å². The van der Waals surface area contributed by atoms with E-state index in [1.165, 1.54) is 25.7 Å². The SMILES string of the molecule is CCCCCC1C(CCC(=O)[O-])C1(C)C.[Na+]. The van der Waals surface area contributed by atoms with Crippen LogP contribution in [-0.4, -0.2) is 5.97 Å². The Balaban J connectivity index is 0.00000225. The molecule has 1 fully saturated rings.